The molecule has 21 heavy (non-hydrogen) atoms. The van der Waals surface area contributed by atoms with E-state index in [-0.39, 0.29) is 5.92 Å². The van der Waals surface area contributed by atoms with Crippen LogP contribution in [0.4, 0.5) is 0 Å². The molecule has 1 aromatic rings. The Morgan fingerprint density at radius 2 is 2.00 bits per heavy atom. The Kier molecular flexibility index (Phi) is 5.46. The second kappa shape index (κ2) is 6.77. The first-order valence-electron chi connectivity index (χ1n) is 7.31. The number of hydrogen-bond donors (Lipinski definition) is 2. The van der Waals surface area contributed by atoms with Crippen molar-refractivity contribution < 1.29 is 8.42 Å². The van der Waals surface area contributed by atoms with Crippen LogP contribution in [0, 0.1) is 12.8 Å². The summed E-state index contributed by atoms with van der Waals surface area (Å²) in [6.07, 6.45) is 2.44. The number of benzene rings is 1. The van der Waals surface area contributed by atoms with E-state index >= 15 is 0 Å². The fourth-order valence-corrected chi connectivity index (χ4v) is 4.29. The van der Waals surface area contributed by atoms with Crippen LogP contribution in [0.1, 0.15) is 37.8 Å². The molecule has 1 aliphatic carbocycles. The topological polar surface area (TPSA) is 58.2 Å². The van der Waals surface area contributed by atoms with Crippen LogP contribution in [0.25, 0.3) is 0 Å². The predicted octanol–water partition coefficient (Wildman–Crippen LogP) is 2.94. The van der Waals surface area contributed by atoms with Gasteiger partial charge in [-0.3, -0.25) is 0 Å². The average molecular weight is 375 g/mol. The van der Waals surface area contributed by atoms with E-state index in [1.807, 2.05) is 26.8 Å². The standard InChI is InChI=1S/C15H23BrN2O2S/c1-10(2)8-18-21(19,20)14-7-12(6-11(3)15(14)16)9-17-13-4-5-13/h6-7,10,13,17-18H,4-5,8-9H2,1-3H3. The molecule has 0 aromatic heterocycles. The molecule has 1 aromatic carbocycles. The summed E-state index contributed by atoms with van der Waals surface area (Å²) < 4.78 is 28.2. The van der Waals surface area contributed by atoms with Crippen LogP contribution >= 0.6 is 15.9 Å². The van der Waals surface area contributed by atoms with E-state index in [9.17, 15) is 8.42 Å². The van der Waals surface area contributed by atoms with Crippen LogP contribution in [0.2, 0.25) is 0 Å². The summed E-state index contributed by atoms with van der Waals surface area (Å²) in [6.45, 7) is 7.05. The summed E-state index contributed by atoms with van der Waals surface area (Å²) in [5, 5.41) is 3.42. The van der Waals surface area contributed by atoms with Crippen LogP contribution in [-0.4, -0.2) is 21.0 Å². The maximum atomic E-state index is 12.5. The lowest BCUT2D eigenvalue weighted by atomic mass is 10.1. The summed E-state index contributed by atoms with van der Waals surface area (Å²) in [7, 11) is -3.48. The second-order valence-electron chi connectivity index (χ2n) is 6.13. The van der Waals surface area contributed by atoms with Gasteiger partial charge in [-0.25, -0.2) is 13.1 Å². The lowest BCUT2D eigenvalue weighted by Gasteiger charge is -2.14. The Morgan fingerprint density at radius 1 is 1.33 bits per heavy atom. The smallest absolute Gasteiger partial charge is 0.241 e. The summed E-state index contributed by atoms with van der Waals surface area (Å²) in [5.74, 6) is 0.277. The first kappa shape index (κ1) is 16.9. The molecule has 2 rings (SSSR count). The van der Waals surface area contributed by atoms with Crippen molar-refractivity contribution in [1.29, 1.82) is 0 Å². The highest BCUT2D eigenvalue weighted by molar-refractivity contribution is 9.10. The fraction of sp³-hybridized carbons (Fsp3) is 0.600. The molecule has 2 N–H and O–H groups in total. The monoisotopic (exact) mass is 374 g/mol. The molecule has 118 valence electrons. The highest BCUT2D eigenvalue weighted by atomic mass is 79.9. The number of halogens is 1. The maximum Gasteiger partial charge on any atom is 0.241 e. The van der Waals surface area contributed by atoms with Gasteiger partial charge in [-0.15, -0.1) is 0 Å². The zero-order valence-corrected chi connectivity index (χ0v) is 15.1. The number of rotatable bonds is 7. The Morgan fingerprint density at radius 3 is 2.57 bits per heavy atom. The molecule has 0 radical (unpaired) electrons. The highest BCUT2D eigenvalue weighted by Crippen LogP contribution is 2.28. The van der Waals surface area contributed by atoms with Crippen molar-refractivity contribution in [2.75, 3.05) is 6.54 Å². The fourth-order valence-electron chi connectivity index (χ4n) is 2.01. The van der Waals surface area contributed by atoms with Crippen molar-refractivity contribution >= 4 is 26.0 Å². The molecule has 0 saturated heterocycles. The van der Waals surface area contributed by atoms with E-state index in [2.05, 4.69) is 26.0 Å². The molecule has 0 bridgehead atoms. The summed E-state index contributed by atoms with van der Waals surface area (Å²) in [6, 6.07) is 4.39. The molecule has 0 atom stereocenters. The molecule has 4 nitrogen and oxygen atoms in total. The quantitative estimate of drug-likeness (QED) is 0.771. The van der Waals surface area contributed by atoms with Crippen molar-refractivity contribution in [3.8, 4) is 0 Å². The lowest BCUT2D eigenvalue weighted by Crippen LogP contribution is -2.28. The maximum absolute atomic E-state index is 12.5. The predicted molar refractivity (Wildman–Crippen MR) is 88.8 cm³/mol. The van der Waals surface area contributed by atoms with Gasteiger partial charge in [0.1, 0.15) is 0 Å². The van der Waals surface area contributed by atoms with Gasteiger partial charge in [-0.1, -0.05) is 19.9 Å². The molecular weight excluding hydrogens is 352 g/mol. The SMILES string of the molecule is Cc1cc(CNC2CC2)cc(S(=O)(=O)NCC(C)C)c1Br. The van der Waals surface area contributed by atoms with Crippen LogP contribution in [0.5, 0.6) is 0 Å². The van der Waals surface area contributed by atoms with Crippen LogP contribution in [-0.2, 0) is 16.6 Å². The number of hydrogen-bond acceptors (Lipinski definition) is 3. The van der Waals surface area contributed by atoms with Gasteiger partial charge in [0.15, 0.2) is 0 Å². The molecule has 0 amide bonds. The minimum atomic E-state index is -3.48. The first-order chi connectivity index (χ1) is 9.79. The van der Waals surface area contributed by atoms with Crippen molar-refractivity contribution in [1.82, 2.24) is 10.0 Å². The Labute approximate surface area is 135 Å². The van der Waals surface area contributed by atoms with Gasteiger partial charge in [0.25, 0.3) is 0 Å². The molecule has 1 fully saturated rings. The average Bonchev–Trinajstić information content (AvgIpc) is 3.21. The largest absolute Gasteiger partial charge is 0.310 e. The van der Waals surface area contributed by atoms with Gasteiger partial charge in [0.05, 0.1) is 4.90 Å². The van der Waals surface area contributed by atoms with Gasteiger partial charge in [-0.2, -0.15) is 0 Å². The van der Waals surface area contributed by atoms with Gasteiger partial charge in [-0.05, 0) is 58.8 Å². The van der Waals surface area contributed by atoms with Gasteiger partial charge >= 0.3 is 0 Å². The summed E-state index contributed by atoms with van der Waals surface area (Å²) in [4.78, 5) is 0.329. The Balaban J connectivity index is 2.23. The molecular formula is C15H23BrN2O2S. The third-order valence-corrected chi connectivity index (χ3v) is 6.19. The summed E-state index contributed by atoms with van der Waals surface area (Å²) in [5.41, 5.74) is 1.95. The van der Waals surface area contributed by atoms with Gasteiger partial charge in [0.2, 0.25) is 10.0 Å². The van der Waals surface area contributed by atoms with Crippen molar-refractivity contribution in [2.45, 2.75) is 51.1 Å². The van der Waals surface area contributed by atoms with Crippen LogP contribution < -0.4 is 10.0 Å². The van der Waals surface area contributed by atoms with Crippen LogP contribution in [0.3, 0.4) is 0 Å². The van der Waals surface area contributed by atoms with Gasteiger partial charge in [0, 0.05) is 23.6 Å². The van der Waals surface area contributed by atoms with Crippen molar-refractivity contribution in [3.63, 3.8) is 0 Å². The number of aryl methyl sites for hydroxylation is 1. The molecule has 1 aliphatic rings. The first-order valence-corrected chi connectivity index (χ1v) is 9.59. The van der Waals surface area contributed by atoms with E-state index in [0.29, 0.717) is 28.5 Å². The third kappa shape index (κ3) is 4.77. The highest BCUT2D eigenvalue weighted by Gasteiger charge is 2.22. The third-order valence-electron chi connectivity index (χ3n) is 3.42. The van der Waals surface area contributed by atoms with Crippen molar-refractivity contribution in [2.24, 2.45) is 5.92 Å². The Hall–Kier alpha value is -0.430. The van der Waals surface area contributed by atoms with E-state index in [4.69, 9.17) is 0 Å². The molecule has 1 saturated carbocycles. The molecule has 0 spiro atoms. The van der Waals surface area contributed by atoms with E-state index in [0.717, 1.165) is 11.1 Å². The molecule has 0 heterocycles. The number of nitrogens with one attached hydrogen (secondary N) is 2. The normalized spacial score (nSPS) is 15.7. The van der Waals surface area contributed by atoms with Gasteiger partial charge < -0.3 is 5.32 Å². The minimum absolute atomic E-state index is 0.277. The Bertz CT molecular complexity index is 610. The van der Waals surface area contributed by atoms with E-state index in [1.54, 1.807) is 6.07 Å². The van der Waals surface area contributed by atoms with E-state index in [1.165, 1.54) is 12.8 Å². The molecule has 6 heteroatoms. The molecule has 0 aliphatic heterocycles. The minimum Gasteiger partial charge on any atom is -0.310 e. The summed E-state index contributed by atoms with van der Waals surface area (Å²) >= 11 is 3.41. The van der Waals surface area contributed by atoms with Crippen LogP contribution in [0.15, 0.2) is 21.5 Å². The van der Waals surface area contributed by atoms with E-state index < -0.39 is 10.0 Å². The zero-order valence-electron chi connectivity index (χ0n) is 12.7. The lowest BCUT2D eigenvalue weighted by molar-refractivity contribution is 0.559. The zero-order chi connectivity index (χ0) is 15.6. The number of sulfonamides is 1. The van der Waals surface area contributed by atoms with Crippen molar-refractivity contribution in [3.05, 3.63) is 27.7 Å². The molecule has 0 unspecified atom stereocenters. The second-order valence-corrected chi connectivity index (χ2v) is 8.65.